The molecule has 0 fully saturated rings. The zero-order valence-corrected chi connectivity index (χ0v) is 9.78. The van der Waals surface area contributed by atoms with E-state index in [0.717, 1.165) is 19.3 Å². The van der Waals surface area contributed by atoms with Gasteiger partial charge >= 0.3 is 6.07 Å². The normalized spacial score (nSPS) is 15.3. The van der Waals surface area contributed by atoms with Crippen molar-refractivity contribution in [2.75, 3.05) is 0 Å². The highest BCUT2D eigenvalue weighted by molar-refractivity contribution is 8.05. The van der Waals surface area contributed by atoms with E-state index in [1.54, 1.807) is 6.07 Å². The lowest BCUT2D eigenvalue weighted by Gasteiger charge is -2.07. The molecule has 1 aliphatic rings. The number of fused-ring (bicyclic) bond motifs is 1. The van der Waals surface area contributed by atoms with Crippen molar-refractivity contribution in [2.45, 2.75) is 19.3 Å². The van der Waals surface area contributed by atoms with Gasteiger partial charge in [-0.05, 0) is 42.5 Å². The number of halogens is 2. The van der Waals surface area contributed by atoms with Gasteiger partial charge in [-0.2, -0.15) is 0 Å². The first-order valence-electron chi connectivity index (χ1n) is 4.35. The molecular formula is C9H9Cl2O2P. The Bertz CT molecular complexity index is 400. The summed E-state index contributed by atoms with van der Waals surface area (Å²) in [6, 6.07) is 5.59. The van der Waals surface area contributed by atoms with Crippen LogP contribution in [0.25, 0.3) is 0 Å². The summed E-state index contributed by atoms with van der Waals surface area (Å²) in [5, 5.41) is 0. The molecule has 0 aromatic heterocycles. The average Bonchev–Trinajstić information content (AvgIpc) is 2.47. The number of hydrogen-bond acceptors (Lipinski definition) is 2. The van der Waals surface area contributed by atoms with Crippen LogP contribution >= 0.6 is 28.6 Å². The molecule has 2 nitrogen and oxygen atoms in total. The Kier molecular flexibility index (Phi) is 2.79. The maximum Gasteiger partial charge on any atom is 0.428 e. The summed E-state index contributed by atoms with van der Waals surface area (Å²) in [5.41, 5.74) is 2.57. The van der Waals surface area contributed by atoms with Crippen LogP contribution in [0.3, 0.4) is 0 Å². The van der Waals surface area contributed by atoms with Gasteiger partial charge in [0.2, 0.25) is 0 Å². The van der Waals surface area contributed by atoms with E-state index in [1.807, 2.05) is 12.1 Å². The van der Waals surface area contributed by atoms with Crippen LogP contribution in [0, 0.1) is 0 Å². The van der Waals surface area contributed by atoms with Crippen molar-refractivity contribution in [3.8, 4) is 5.75 Å². The highest BCUT2D eigenvalue weighted by atomic mass is 35.9. The fourth-order valence-electron chi connectivity index (χ4n) is 1.73. The quantitative estimate of drug-likeness (QED) is 0.738. The molecule has 0 saturated heterocycles. The van der Waals surface area contributed by atoms with Crippen LogP contribution in [0.1, 0.15) is 17.5 Å². The van der Waals surface area contributed by atoms with Crippen LogP contribution in [0.2, 0.25) is 0 Å². The lowest BCUT2D eigenvalue weighted by molar-refractivity contribution is 0.513. The summed E-state index contributed by atoms with van der Waals surface area (Å²) in [7, 11) is 0. The minimum atomic E-state index is -3.47. The zero-order valence-electron chi connectivity index (χ0n) is 7.37. The molecule has 2 rings (SSSR count). The summed E-state index contributed by atoms with van der Waals surface area (Å²) in [5.74, 6) is 0.485. The van der Waals surface area contributed by atoms with Crippen molar-refractivity contribution in [3.63, 3.8) is 0 Å². The molecular weight excluding hydrogens is 242 g/mol. The van der Waals surface area contributed by atoms with Crippen molar-refractivity contribution in [1.29, 1.82) is 0 Å². The molecule has 0 saturated carbocycles. The third-order valence-electron chi connectivity index (χ3n) is 2.28. The number of benzene rings is 1. The molecule has 0 bridgehead atoms. The number of rotatable bonds is 2. The second kappa shape index (κ2) is 3.77. The zero-order chi connectivity index (χ0) is 10.2. The van der Waals surface area contributed by atoms with Crippen LogP contribution in [-0.2, 0) is 17.4 Å². The monoisotopic (exact) mass is 250 g/mol. The summed E-state index contributed by atoms with van der Waals surface area (Å²) in [6.07, 6.45) is -0.154. The maximum atomic E-state index is 11.0. The molecule has 0 spiro atoms. The van der Waals surface area contributed by atoms with Crippen LogP contribution < -0.4 is 4.52 Å². The van der Waals surface area contributed by atoms with Crippen molar-refractivity contribution < 1.29 is 9.09 Å². The Morgan fingerprint density at radius 3 is 2.64 bits per heavy atom. The summed E-state index contributed by atoms with van der Waals surface area (Å²) < 4.78 is 15.9. The van der Waals surface area contributed by atoms with Gasteiger partial charge in [0.05, 0.1) is 0 Å². The third kappa shape index (κ3) is 2.44. The van der Waals surface area contributed by atoms with Crippen LogP contribution in [-0.4, -0.2) is 0 Å². The van der Waals surface area contributed by atoms with Crippen LogP contribution in [0.15, 0.2) is 18.2 Å². The smallest absolute Gasteiger partial charge is 0.422 e. The van der Waals surface area contributed by atoms with Crippen molar-refractivity contribution in [2.24, 2.45) is 0 Å². The molecule has 0 heterocycles. The SMILES string of the molecule is O=P(Cl)(Cl)Oc1ccc2c(c1)CCC2. The van der Waals surface area contributed by atoms with Gasteiger partial charge in [0, 0.05) is 22.5 Å². The maximum absolute atomic E-state index is 11.0. The Hall–Kier alpha value is -0.170. The Morgan fingerprint density at radius 2 is 1.93 bits per heavy atom. The first kappa shape index (κ1) is 10.4. The summed E-state index contributed by atoms with van der Waals surface area (Å²) in [6.45, 7) is 0. The van der Waals surface area contributed by atoms with E-state index < -0.39 is 6.07 Å². The van der Waals surface area contributed by atoms with E-state index in [0.29, 0.717) is 5.75 Å². The van der Waals surface area contributed by atoms with Crippen molar-refractivity contribution in [3.05, 3.63) is 29.3 Å². The molecule has 0 N–H and O–H groups in total. The Balaban J connectivity index is 2.25. The molecule has 5 heteroatoms. The molecule has 0 amide bonds. The molecule has 0 atom stereocenters. The molecule has 0 aliphatic heterocycles. The van der Waals surface area contributed by atoms with Crippen molar-refractivity contribution >= 4 is 28.6 Å². The number of hydrogen-bond donors (Lipinski definition) is 0. The molecule has 0 radical (unpaired) electrons. The topological polar surface area (TPSA) is 26.3 Å². The lowest BCUT2D eigenvalue weighted by atomic mass is 10.1. The molecule has 76 valence electrons. The lowest BCUT2D eigenvalue weighted by Crippen LogP contribution is -1.86. The van der Waals surface area contributed by atoms with Gasteiger partial charge in [0.1, 0.15) is 5.75 Å². The Morgan fingerprint density at radius 1 is 1.21 bits per heavy atom. The van der Waals surface area contributed by atoms with Crippen LogP contribution in [0.5, 0.6) is 5.75 Å². The van der Waals surface area contributed by atoms with Gasteiger partial charge in [0.15, 0.2) is 0 Å². The minimum absolute atomic E-state index is 0.485. The van der Waals surface area contributed by atoms with E-state index in [2.05, 4.69) is 0 Å². The van der Waals surface area contributed by atoms with Crippen LogP contribution in [0.4, 0.5) is 0 Å². The predicted octanol–water partition coefficient (Wildman–Crippen LogP) is 4.14. The van der Waals surface area contributed by atoms with E-state index in [9.17, 15) is 4.57 Å². The van der Waals surface area contributed by atoms with Gasteiger partial charge in [-0.3, -0.25) is 0 Å². The molecule has 1 aliphatic carbocycles. The first-order chi connectivity index (χ1) is 6.54. The van der Waals surface area contributed by atoms with E-state index >= 15 is 0 Å². The minimum Gasteiger partial charge on any atom is -0.422 e. The highest BCUT2D eigenvalue weighted by Gasteiger charge is 2.18. The second-order valence-electron chi connectivity index (χ2n) is 3.29. The van der Waals surface area contributed by atoms with Gasteiger partial charge < -0.3 is 4.52 Å². The summed E-state index contributed by atoms with van der Waals surface area (Å²) in [4.78, 5) is 0. The summed E-state index contributed by atoms with van der Waals surface area (Å²) >= 11 is 10.6. The fourth-order valence-corrected chi connectivity index (χ4v) is 2.56. The van der Waals surface area contributed by atoms with E-state index in [4.69, 9.17) is 27.0 Å². The van der Waals surface area contributed by atoms with E-state index in [1.165, 1.54) is 11.1 Å². The third-order valence-corrected chi connectivity index (χ3v) is 3.12. The van der Waals surface area contributed by atoms with Gasteiger partial charge in [-0.15, -0.1) is 0 Å². The van der Waals surface area contributed by atoms with Crippen molar-refractivity contribution in [1.82, 2.24) is 0 Å². The van der Waals surface area contributed by atoms with Gasteiger partial charge in [0.25, 0.3) is 0 Å². The first-order valence-corrected chi connectivity index (χ1v) is 7.79. The molecule has 1 aromatic carbocycles. The molecule has 0 unspecified atom stereocenters. The predicted molar refractivity (Wildman–Crippen MR) is 58.4 cm³/mol. The fraction of sp³-hybridized carbons (Fsp3) is 0.333. The van der Waals surface area contributed by atoms with Gasteiger partial charge in [-0.1, -0.05) is 6.07 Å². The molecule has 14 heavy (non-hydrogen) atoms. The largest absolute Gasteiger partial charge is 0.428 e. The Labute approximate surface area is 92.2 Å². The average molecular weight is 251 g/mol. The second-order valence-corrected chi connectivity index (χ2v) is 7.49. The van der Waals surface area contributed by atoms with Gasteiger partial charge in [-0.25, -0.2) is 4.57 Å². The standard InChI is InChI=1S/C9H9Cl2O2P/c10-14(11,12)13-9-5-4-7-2-1-3-8(7)6-9/h4-6H,1-3H2. The highest BCUT2D eigenvalue weighted by Crippen LogP contribution is 2.57. The molecule has 1 aromatic rings. The number of aryl methyl sites for hydroxylation is 2. The van der Waals surface area contributed by atoms with E-state index in [-0.39, 0.29) is 0 Å².